The van der Waals surface area contributed by atoms with Crippen molar-refractivity contribution in [2.45, 2.75) is 27.0 Å². The maximum atomic E-state index is 12.2. The molecule has 2 atom stereocenters. The van der Waals surface area contributed by atoms with E-state index in [1.165, 1.54) is 21.7 Å². The van der Waals surface area contributed by atoms with Crippen LogP contribution >= 0.6 is 11.3 Å². The molecule has 5 nitrogen and oxygen atoms in total. The number of carbonyl (C=O) groups excluding carboxylic acids is 1. The van der Waals surface area contributed by atoms with Gasteiger partial charge in [-0.3, -0.25) is 0 Å². The third-order valence-electron chi connectivity index (χ3n) is 5.92. The lowest BCUT2D eigenvalue weighted by Gasteiger charge is -2.54. The fourth-order valence-corrected chi connectivity index (χ4v) is 7.27. The van der Waals surface area contributed by atoms with Gasteiger partial charge >= 0.3 is 5.97 Å². The predicted octanol–water partition coefficient (Wildman–Crippen LogP) is 3.85. The molecule has 3 aromatic rings. The molecule has 1 aliphatic rings. The van der Waals surface area contributed by atoms with Crippen LogP contribution in [0.3, 0.4) is 0 Å². The Hall–Kier alpha value is -2.74. The molecule has 33 heavy (non-hydrogen) atoms. The first-order valence-corrected chi connectivity index (χ1v) is 13.6. The molecule has 1 aliphatic heterocycles. The molecule has 172 valence electrons. The smallest absolute Gasteiger partial charge is 0.358 e. The van der Waals surface area contributed by atoms with E-state index < -0.39 is 15.0 Å². The van der Waals surface area contributed by atoms with Crippen molar-refractivity contribution in [3.8, 4) is 0 Å². The number of hydrogen-bond donors (Lipinski definition) is 0. The van der Waals surface area contributed by atoms with Gasteiger partial charge in [0.2, 0.25) is 9.04 Å². The predicted molar refractivity (Wildman–Crippen MR) is 137 cm³/mol. The molecular formula is C26H30N2O3SSi. The number of esters is 1. The number of ether oxygens (including phenoxy) is 1. The highest BCUT2D eigenvalue weighted by Gasteiger charge is 2.48. The van der Waals surface area contributed by atoms with Crippen LogP contribution in [-0.2, 0) is 9.16 Å². The van der Waals surface area contributed by atoms with E-state index in [9.17, 15) is 4.79 Å². The second-order valence-corrected chi connectivity index (χ2v) is 12.5. The molecule has 2 heterocycles. The molecule has 1 aromatic heterocycles. The van der Waals surface area contributed by atoms with Gasteiger partial charge in [0.25, 0.3) is 0 Å². The second-order valence-electron chi connectivity index (χ2n) is 9.26. The van der Waals surface area contributed by atoms with E-state index in [4.69, 9.17) is 9.16 Å². The van der Waals surface area contributed by atoms with Crippen LogP contribution in [0.25, 0.3) is 0 Å². The molecular weight excluding hydrogens is 448 g/mol. The minimum Gasteiger partial charge on any atom is -0.457 e. The Kier molecular flexibility index (Phi) is 7.12. The fraction of sp³-hybridized carbons (Fsp3) is 0.308. The lowest BCUT2D eigenvalue weighted by atomic mass is 9.74. The monoisotopic (exact) mass is 478 g/mol. The molecule has 0 radical (unpaired) electrons. The highest BCUT2D eigenvalue weighted by molar-refractivity contribution is 7.14. The van der Waals surface area contributed by atoms with E-state index in [-0.39, 0.29) is 18.2 Å². The summed E-state index contributed by atoms with van der Waals surface area (Å²) in [5.74, 6) is -0.0800. The van der Waals surface area contributed by atoms with Crippen molar-refractivity contribution in [1.82, 2.24) is 4.98 Å². The van der Waals surface area contributed by atoms with Gasteiger partial charge in [0.15, 0.2) is 10.8 Å². The van der Waals surface area contributed by atoms with E-state index in [1.54, 1.807) is 11.5 Å². The van der Waals surface area contributed by atoms with Crippen LogP contribution in [0, 0.1) is 11.3 Å². The zero-order valence-corrected chi connectivity index (χ0v) is 21.3. The van der Waals surface area contributed by atoms with E-state index in [1.807, 2.05) is 12.1 Å². The van der Waals surface area contributed by atoms with Crippen LogP contribution in [-0.4, -0.2) is 39.4 Å². The third kappa shape index (κ3) is 5.26. The first-order valence-electron chi connectivity index (χ1n) is 11.1. The number of thiazole rings is 1. The van der Waals surface area contributed by atoms with Crippen LogP contribution in [0.1, 0.15) is 31.3 Å². The molecule has 0 N–H and O–H groups in total. The lowest BCUT2D eigenvalue weighted by molar-refractivity contribution is 0.00490. The maximum Gasteiger partial charge on any atom is 0.358 e. The first kappa shape index (κ1) is 23.4. The molecule has 7 heteroatoms. The Labute approximate surface area is 201 Å². The SMILES string of the molecule is C=CCOC(=O)c1csc(N2CC(C(C)(C)C)C2O[SiH](c2ccccc2)c2ccccc2)n1. The summed E-state index contributed by atoms with van der Waals surface area (Å²) in [5.41, 5.74) is 0.408. The average molecular weight is 479 g/mol. The highest BCUT2D eigenvalue weighted by Crippen LogP contribution is 2.43. The quantitative estimate of drug-likeness (QED) is 0.280. The Morgan fingerprint density at radius 3 is 2.30 bits per heavy atom. The number of benzene rings is 2. The van der Waals surface area contributed by atoms with Gasteiger partial charge < -0.3 is 14.1 Å². The molecule has 2 aromatic carbocycles. The molecule has 4 rings (SSSR count). The van der Waals surface area contributed by atoms with Gasteiger partial charge in [0.05, 0.1) is 0 Å². The first-order chi connectivity index (χ1) is 15.9. The molecule has 2 unspecified atom stereocenters. The number of anilines is 1. The average Bonchev–Trinajstić information content (AvgIpc) is 3.27. The summed E-state index contributed by atoms with van der Waals surface area (Å²) in [6.45, 7) is 11.4. The molecule has 0 spiro atoms. The van der Waals surface area contributed by atoms with Gasteiger partial charge in [0.1, 0.15) is 12.8 Å². The zero-order valence-electron chi connectivity index (χ0n) is 19.3. The summed E-state index contributed by atoms with van der Waals surface area (Å²) in [7, 11) is -1.94. The Bertz CT molecular complexity index is 1040. The van der Waals surface area contributed by atoms with Crippen molar-refractivity contribution in [3.05, 3.63) is 84.4 Å². The Balaban J connectivity index is 1.62. The van der Waals surface area contributed by atoms with E-state index in [0.717, 1.165) is 11.7 Å². The number of nitrogens with zero attached hydrogens (tertiary/aromatic N) is 2. The summed E-state index contributed by atoms with van der Waals surface area (Å²) >= 11 is 1.45. The number of rotatable bonds is 8. The molecule has 0 saturated carbocycles. The molecule has 0 aliphatic carbocycles. The van der Waals surface area contributed by atoms with E-state index >= 15 is 0 Å². The number of carbonyl (C=O) groups is 1. The van der Waals surface area contributed by atoms with Crippen molar-refractivity contribution < 1.29 is 14.0 Å². The minimum atomic E-state index is -1.94. The standard InChI is InChI=1S/C26H30N2O3SSi/c1-5-16-30-24(29)22-18-32-25(27-22)28-17-21(26(2,3)4)23(28)31-33(19-12-8-6-9-13-19)20-14-10-7-11-15-20/h5-15,18,21,23,33H,1,16-17H2,2-4H3. The van der Waals surface area contributed by atoms with Crippen LogP contribution in [0.2, 0.25) is 0 Å². The summed E-state index contributed by atoms with van der Waals surface area (Å²) in [5, 5.41) is 5.04. The van der Waals surface area contributed by atoms with E-state index in [0.29, 0.717) is 11.6 Å². The van der Waals surface area contributed by atoms with E-state index in [2.05, 4.69) is 85.8 Å². The van der Waals surface area contributed by atoms with Gasteiger partial charge in [-0.25, -0.2) is 9.78 Å². The van der Waals surface area contributed by atoms with Crippen molar-refractivity contribution in [1.29, 1.82) is 0 Å². The van der Waals surface area contributed by atoms with Crippen LogP contribution < -0.4 is 15.3 Å². The number of hydrogen-bond acceptors (Lipinski definition) is 6. The van der Waals surface area contributed by atoms with Gasteiger partial charge in [-0.2, -0.15) is 0 Å². The topological polar surface area (TPSA) is 51.7 Å². The normalized spacial score (nSPS) is 18.1. The Morgan fingerprint density at radius 1 is 1.15 bits per heavy atom. The van der Waals surface area contributed by atoms with Gasteiger partial charge in [-0.1, -0.05) is 94.1 Å². The highest BCUT2D eigenvalue weighted by atomic mass is 32.1. The number of aromatic nitrogens is 1. The largest absolute Gasteiger partial charge is 0.457 e. The van der Waals surface area contributed by atoms with Crippen molar-refractivity contribution in [2.75, 3.05) is 18.1 Å². The molecule has 0 amide bonds. The fourth-order valence-electron chi connectivity index (χ4n) is 3.99. The van der Waals surface area contributed by atoms with Crippen molar-refractivity contribution >= 4 is 41.9 Å². The van der Waals surface area contributed by atoms with Crippen LogP contribution in [0.4, 0.5) is 5.13 Å². The summed E-state index contributed by atoms with van der Waals surface area (Å²) in [4.78, 5) is 19.0. The molecule has 0 bridgehead atoms. The zero-order chi connectivity index (χ0) is 23.4. The summed E-state index contributed by atoms with van der Waals surface area (Å²) < 4.78 is 12.2. The minimum absolute atomic E-state index is 0.0798. The second kappa shape index (κ2) is 10.0. The van der Waals surface area contributed by atoms with Crippen molar-refractivity contribution in [3.63, 3.8) is 0 Å². The van der Waals surface area contributed by atoms with Crippen LogP contribution in [0.5, 0.6) is 0 Å². The lowest BCUT2D eigenvalue weighted by Crippen LogP contribution is -2.65. The summed E-state index contributed by atoms with van der Waals surface area (Å²) in [6, 6.07) is 21.0. The summed E-state index contributed by atoms with van der Waals surface area (Å²) in [6.07, 6.45) is 1.45. The molecule has 1 fully saturated rings. The van der Waals surface area contributed by atoms with Crippen molar-refractivity contribution in [2.24, 2.45) is 11.3 Å². The van der Waals surface area contributed by atoms with Gasteiger partial charge in [-0.05, 0) is 15.8 Å². The van der Waals surface area contributed by atoms with Crippen LogP contribution in [0.15, 0.2) is 78.7 Å². The molecule has 1 saturated heterocycles. The maximum absolute atomic E-state index is 12.2. The third-order valence-corrected chi connectivity index (χ3v) is 9.33. The van der Waals surface area contributed by atoms with Gasteiger partial charge in [-0.15, -0.1) is 11.3 Å². The Morgan fingerprint density at radius 2 is 1.76 bits per heavy atom. The van der Waals surface area contributed by atoms with Gasteiger partial charge in [0, 0.05) is 17.8 Å².